The zero-order valence-corrected chi connectivity index (χ0v) is 9.02. The van der Waals surface area contributed by atoms with Gasteiger partial charge in [-0.25, -0.2) is 0 Å². The lowest BCUT2D eigenvalue weighted by Gasteiger charge is -2.21. The van der Waals surface area contributed by atoms with Crippen LogP contribution < -0.4 is 0 Å². The molecule has 0 atom stereocenters. The minimum atomic E-state index is -3.61. The molecule has 0 N–H and O–H groups in total. The highest BCUT2D eigenvalue weighted by Crippen LogP contribution is 2.10. The molecule has 0 heterocycles. The molecular weight excluding hydrogens is 202 g/mol. The summed E-state index contributed by atoms with van der Waals surface area (Å²) in [7, 11) is 3.07. The molecule has 0 radical (unpaired) electrons. The average molecular weight is 216 g/mol. The van der Waals surface area contributed by atoms with Gasteiger partial charge in [-0.15, -0.1) is 0 Å². The Labute approximate surface area is 78.0 Å². The molecule has 0 aromatic heterocycles. The smallest absolute Gasteiger partial charge is 0.300 e. The molecule has 0 aliphatic heterocycles. The summed E-state index contributed by atoms with van der Waals surface area (Å²) in [4.78, 5) is 0. The molecule has 0 saturated carbocycles. The molecule has 0 spiro atoms. The van der Waals surface area contributed by atoms with E-state index in [1.807, 2.05) is 0 Å². The van der Waals surface area contributed by atoms with Crippen LogP contribution in [0.4, 0.5) is 0 Å². The molecule has 0 fully saturated rings. The topological polar surface area (TPSA) is 46.6 Å². The molecule has 0 bridgehead atoms. The lowest BCUT2D eigenvalue weighted by Crippen LogP contribution is -2.36. The van der Waals surface area contributed by atoms with Crippen LogP contribution in [0.2, 0.25) is 0 Å². The van der Waals surface area contributed by atoms with Crippen molar-refractivity contribution < 1.29 is 13.2 Å². The van der Waals surface area contributed by atoms with E-state index in [0.717, 1.165) is 0 Å². The van der Waals surface area contributed by atoms with Crippen molar-refractivity contribution in [2.24, 2.45) is 0 Å². The molecule has 0 amide bonds. The van der Waals surface area contributed by atoms with Gasteiger partial charge in [0.2, 0.25) is 0 Å². The van der Waals surface area contributed by atoms with E-state index in [-0.39, 0.29) is 6.04 Å². The van der Waals surface area contributed by atoms with Crippen molar-refractivity contribution in [1.29, 1.82) is 0 Å². The Bertz CT molecular complexity index is 215. The van der Waals surface area contributed by atoms with Crippen molar-refractivity contribution in [2.45, 2.75) is 19.9 Å². The minimum absolute atomic E-state index is 0.136. The van der Waals surface area contributed by atoms with Crippen molar-refractivity contribution in [1.82, 2.24) is 4.31 Å². The first-order chi connectivity index (χ1) is 5.39. The maximum absolute atomic E-state index is 10.9. The monoisotopic (exact) mass is 215 g/mol. The van der Waals surface area contributed by atoms with Gasteiger partial charge in [0, 0.05) is 30.4 Å². The molecule has 0 saturated heterocycles. The summed E-state index contributed by atoms with van der Waals surface area (Å²) in [5, 5.41) is 0. The number of nitrogens with zero attached hydrogens (tertiary/aromatic N) is 1. The van der Waals surface area contributed by atoms with E-state index in [1.165, 1.54) is 11.4 Å². The van der Waals surface area contributed by atoms with E-state index in [2.05, 4.69) is 0 Å². The molecular formula is C6H14ClNO3S. The van der Waals surface area contributed by atoms with E-state index in [0.29, 0.717) is 13.2 Å². The van der Waals surface area contributed by atoms with E-state index < -0.39 is 9.24 Å². The van der Waals surface area contributed by atoms with E-state index in [1.54, 1.807) is 13.8 Å². The number of rotatable bonds is 5. The Balaban J connectivity index is 4.26. The molecule has 0 aromatic rings. The van der Waals surface area contributed by atoms with Crippen LogP contribution in [0.5, 0.6) is 0 Å². The fourth-order valence-electron chi connectivity index (χ4n) is 0.800. The standard InChI is InChI=1S/C6H14ClNO3S/c1-6(2)8(4-5-11-3)12(7,9)10/h6H,4-5H2,1-3H3. The lowest BCUT2D eigenvalue weighted by atomic mass is 10.4. The van der Waals surface area contributed by atoms with E-state index >= 15 is 0 Å². The Morgan fingerprint density at radius 2 is 2.00 bits per heavy atom. The van der Waals surface area contributed by atoms with Crippen molar-refractivity contribution in [3.63, 3.8) is 0 Å². The Morgan fingerprint density at radius 3 is 2.25 bits per heavy atom. The highest BCUT2D eigenvalue weighted by atomic mass is 35.7. The Morgan fingerprint density at radius 1 is 1.50 bits per heavy atom. The van der Waals surface area contributed by atoms with Crippen LogP contribution in [0.1, 0.15) is 13.8 Å². The van der Waals surface area contributed by atoms with Crippen molar-refractivity contribution in [3.8, 4) is 0 Å². The first kappa shape index (κ1) is 12.2. The van der Waals surface area contributed by atoms with Crippen molar-refractivity contribution >= 4 is 19.9 Å². The third-order valence-electron chi connectivity index (χ3n) is 1.37. The zero-order chi connectivity index (χ0) is 9.78. The molecule has 0 aromatic carbocycles. The minimum Gasteiger partial charge on any atom is -0.383 e. The zero-order valence-electron chi connectivity index (χ0n) is 7.45. The summed E-state index contributed by atoms with van der Waals surface area (Å²) in [6.07, 6.45) is 0. The predicted molar refractivity (Wildman–Crippen MR) is 48.5 cm³/mol. The number of hydrogen-bond acceptors (Lipinski definition) is 3. The fourth-order valence-corrected chi connectivity index (χ4v) is 2.28. The van der Waals surface area contributed by atoms with Gasteiger partial charge >= 0.3 is 0 Å². The van der Waals surface area contributed by atoms with Gasteiger partial charge in [0.15, 0.2) is 0 Å². The van der Waals surface area contributed by atoms with Gasteiger partial charge in [-0.3, -0.25) is 0 Å². The predicted octanol–water partition coefficient (Wildman–Crippen LogP) is 0.827. The molecule has 6 heteroatoms. The summed E-state index contributed by atoms with van der Waals surface area (Å²) in [5.74, 6) is 0. The molecule has 12 heavy (non-hydrogen) atoms. The van der Waals surface area contributed by atoms with Gasteiger partial charge in [-0.2, -0.15) is 12.7 Å². The van der Waals surface area contributed by atoms with Crippen LogP contribution in [0.3, 0.4) is 0 Å². The molecule has 0 unspecified atom stereocenters. The van der Waals surface area contributed by atoms with E-state index in [4.69, 9.17) is 15.4 Å². The lowest BCUT2D eigenvalue weighted by molar-refractivity contribution is 0.172. The van der Waals surface area contributed by atoms with Gasteiger partial charge in [-0.1, -0.05) is 0 Å². The molecule has 0 aliphatic carbocycles. The highest BCUT2D eigenvalue weighted by Gasteiger charge is 2.21. The van der Waals surface area contributed by atoms with E-state index in [9.17, 15) is 8.42 Å². The second-order valence-electron chi connectivity index (χ2n) is 2.64. The Hall–Kier alpha value is 0.160. The van der Waals surface area contributed by atoms with Gasteiger partial charge < -0.3 is 4.74 Å². The highest BCUT2D eigenvalue weighted by molar-refractivity contribution is 8.11. The first-order valence-electron chi connectivity index (χ1n) is 3.60. The van der Waals surface area contributed by atoms with Crippen LogP contribution in [0, 0.1) is 0 Å². The molecule has 0 rings (SSSR count). The number of ether oxygens (including phenoxy) is 1. The Kier molecular flexibility index (Phi) is 5.08. The molecule has 4 nitrogen and oxygen atoms in total. The first-order valence-corrected chi connectivity index (χ1v) is 5.86. The van der Waals surface area contributed by atoms with Crippen LogP contribution in [-0.2, 0) is 14.0 Å². The second kappa shape index (κ2) is 5.01. The normalized spacial score (nSPS) is 12.8. The SMILES string of the molecule is COCCN(C(C)C)S(=O)(=O)Cl. The molecule has 74 valence electrons. The van der Waals surface area contributed by atoms with Crippen LogP contribution >= 0.6 is 10.7 Å². The number of halogens is 1. The number of hydrogen-bond donors (Lipinski definition) is 0. The third kappa shape index (κ3) is 4.25. The number of methoxy groups -OCH3 is 1. The van der Waals surface area contributed by atoms with Gasteiger partial charge in [-0.05, 0) is 13.8 Å². The van der Waals surface area contributed by atoms with Gasteiger partial charge in [0.05, 0.1) is 6.61 Å². The summed E-state index contributed by atoms with van der Waals surface area (Å²) >= 11 is 0. The van der Waals surface area contributed by atoms with Crippen LogP contribution in [-0.4, -0.2) is 39.0 Å². The van der Waals surface area contributed by atoms with Gasteiger partial charge in [0.1, 0.15) is 0 Å². The summed E-state index contributed by atoms with van der Waals surface area (Å²) in [6.45, 7) is 4.16. The summed E-state index contributed by atoms with van der Waals surface area (Å²) < 4.78 is 27.8. The fraction of sp³-hybridized carbons (Fsp3) is 1.00. The average Bonchev–Trinajstić information content (AvgIpc) is 1.84. The van der Waals surface area contributed by atoms with Gasteiger partial charge in [0.25, 0.3) is 9.24 Å². The molecule has 0 aliphatic rings. The van der Waals surface area contributed by atoms with Crippen molar-refractivity contribution in [3.05, 3.63) is 0 Å². The largest absolute Gasteiger partial charge is 0.383 e. The van der Waals surface area contributed by atoms with Crippen LogP contribution in [0.25, 0.3) is 0 Å². The van der Waals surface area contributed by atoms with Crippen molar-refractivity contribution in [2.75, 3.05) is 20.3 Å². The van der Waals surface area contributed by atoms with Crippen LogP contribution in [0.15, 0.2) is 0 Å². The maximum atomic E-state index is 10.9. The maximum Gasteiger partial charge on any atom is 0.300 e. The quantitative estimate of drug-likeness (QED) is 0.639. The second-order valence-corrected chi connectivity index (χ2v) is 5.10. The summed E-state index contributed by atoms with van der Waals surface area (Å²) in [6, 6.07) is -0.136. The summed E-state index contributed by atoms with van der Waals surface area (Å²) in [5.41, 5.74) is 0. The third-order valence-corrected chi connectivity index (χ3v) is 3.07.